The fraction of sp³-hybridized carbons (Fsp3) is 0.643. The SMILES string of the molecule is CNC(C)c1ccc(OCCC(C)(C)C)cn1. The van der Waals surface area contributed by atoms with E-state index in [-0.39, 0.29) is 6.04 Å². The molecule has 3 heteroatoms. The summed E-state index contributed by atoms with van der Waals surface area (Å²) >= 11 is 0. The Kier molecular flexibility index (Phi) is 4.94. The van der Waals surface area contributed by atoms with Gasteiger partial charge in [-0.3, -0.25) is 4.98 Å². The molecular weight excluding hydrogens is 212 g/mol. The Morgan fingerprint density at radius 1 is 1.35 bits per heavy atom. The molecule has 0 amide bonds. The van der Waals surface area contributed by atoms with E-state index in [9.17, 15) is 0 Å². The second-order valence-corrected chi connectivity index (χ2v) is 5.59. The zero-order valence-electron chi connectivity index (χ0n) is 11.6. The van der Waals surface area contributed by atoms with Crippen molar-refractivity contribution >= 4 is 0 Å². The van der Waals surface area contributed by atoms with Gasteiger partial charge in [0.15, 0.2) is 0 Å². The highest BCUT2D eigenvalue weighted by molar-refractivity contribution is 5.21. The van der Waals surface area contributed by atoms with Crippen LogP contribution in [0.2, 0.25) is 0 Å². The molecule has 0 aromatic carbocycles. The van der Waals surface area contributed by atoms with Gasteiger partial charge >= 0.3 is 0 Å². The molecule has 1 N–H and O–H groups in total. The maximum absolute atomic E-state index is 5.67. The first-order valence-electron chi connectivity index (χ1n) is 6.18. The van der Waals surface area contributed by atoms with Crippen LogP contribution in [-0.4, -0.2) is 18.6 Å². The minimum Gasteiger partial charge on any atom is -0.492 e. The third-order valence-electron chi connectivity index (χ3n) is 2.76. The van der Waals surface area contributed by atoms with Gasteiger partial charge in [-0.2, -0.15) is 0 Å². The number of pyridine rings is 1. The van der Waals surface area contributed by atoms with Crippen LogP contribution < -0.4 is 10.1 Å². The van der Waals surface area contributed by atoms with E-state index in [0.717, 1.165) is 24.5 Å². The highest BCUT2D eigenvalue weighted by atomic mass is 16.5. The summed E-state index contributed by atoms with van der Waals surface area (Å²) in [6.07, 6.45) is 2.84. The second-order valence-electron chi connectivity index (χ2n) is 5.59. The largest absolute Gasteiger partial charge is 0.492 e. The lowest BCUT2D eigenvalue weighted by Gasteiger charge is -2.18. The molecule has 0 saturated carbocycles. The van der Waals surface area contributed by atoms with Crippen LogP contribution >= 0.6 is 0 Å². The van der Waals surface area contributed by atoms with E-state index in [2.05, 4.69) is 38.0 Å². The predicted molar refractivity (Wildman–Crippen MR) is 71.3 cm³/mol. The number of nitrogens with one attached hydrogen (secondary N) is 1. The molecule has 0 aliphatic heterocycles. The summed E-state index contributed by atoms with van der Waals surface area (Å²) in [5.41, 5.74) is 1.35. The summed E-state index contributed by atoms with van der Waals surface area (Å²) < 4.78 is 5.67. The van der Waals surface area contributed by atoms with Crippen molar-refractivity contribution in [1.82, 2.24) is 10.3 Å². The molecule has 1 heterocycles. The van der Waals surface area contributed by atoms with E-state index in [1.807, 2.05) is 19.2 Å². The van der Waals surface area contributed by atoms with Gasteiger partial charge in [0.1, 0.15) is 5.75 Å². The highest BCUT2D eigenvalue weighted by Crippen LogP contribution is 2.19. The summed E-state index contributed by atoms with van der Waals surface area (Å²) in [5, 5.41) is 3.16. The van der Waals surface area contributed by atoms with Crippen LogP contribution in [0, 0.1) is 5.41 Å². The van der Waals surface area contributed by atoms with Gasteiger partial charge in [0.2, 0.25) is 0 Å². The zero-order chi connectivity index (χ0) is 12.9. The van der Waals surface area contributed by atoms with Gasteiger partial charge in [-0.05, 0) is 37.9 Å². The van der Waals surface area contributed by atoms with Crippen molar-refractivity contribution in [3.63, 3.8) is 0 Å². The summed E-state index contributed by atoms with van der Waals surface area (Å²) in [6.45, 7) is 9.47. The average molecular weight is 236 g/mol. The molecule has 0 radical (unpaired) electrons. The highest BCUT2D eigenvalue weighted by Gasteiger charge is 2.10. The lowest BCUT2D eigenvalue weighted by atomic mass is 9.93. The smallest absolute Gasteiger partial charge is 0.137 e. The second kappa shape index (κ2) is 6.01. The molecule has 0 spiro atoms. The molecular formula is C14H24N2O. The van der Waals surface area contributed by atoms with Crippen LogP contribution in [0.15, 0.2) is 18.3 Å². The molecule has 0 aliphatic rings. The average Bonchev–Trinajstić information content (AvgIpc) is 2.27. The lowest BCUT2D eigenvalue weighted by Crippen LogP contribution is -2.14. The minimum atomic E-state index is 0.277. The Labute approximate surface area is 105 Å². The molecule has 1 unspecified atom stereocenters. The van der Waals surface area contributed by atoms with Crippen LogP contribution in [-0.2, 0) is 0 Å². The summed E-state index contributed by atoms with van der Waals surface area (Å²) in [7, 11) is 1.93. The maximum atomic E-state index is 5.67. The summed E-state index contributed by atoms with van der Waals surface area (Å²) in [5.74, 6) is 0.848. The fourth-order valence-corrected chi connectivity index (χ4v) is 1.36. The summed E-state index contributed by atoms with van der Waals surface area (Å²) in [6, 6.07) is 4.27. The van der Waals surface area contributed by atoms with Crippen LogP contribution in [0.1, 0.15) is 45.9 Å². The maximum Gasteiger partial charge on any atom is 0.137 e. The van der Waals surface area contributed by atoms with Crippen LogP contribution in [0.5, 0.6) is 5.75 Å². The Balaban J connectivity index is 2.46. The molecule has 1 rings (SSSR count). The van der Waals surface area contributed by atoms with Gasteiger partial charge in [-0.15, -0.1) is 0 Å². The molecule has 17 heavy (non-hydrogen) atoms. The van der Waals surface area contributed by atoms with Gasteiger partial charge in [0.05, 0.1) is 18.5 Å². The van der Waals surface area contributed by atoms with Crippen molar-refractivity contribution in [2.24, 2.45) is 5.41 Å². The number of hydrogen-bond donors (Lipinski definition) is 1. The van der Waals surface area contributed by atoms with E-state index < -0.39 is 0 Å². The number of aromatic nitrogens is 1. The molecule has 96 valence electrons. The number of ether oxygens (including phenoxy) is 1. The van der Waals surface area contributed by atoms with Gasteiger partial charge in [0, 0.05) is 6.04 Å². The first-order chi connectivity index (χ1) is 7.92. The van der Waals surface area contributed by atoms with Crippen molar-refractivity contribution in [2.45, 2.75) is 40.2 Å². The number of nitrogens with zero attached hydrogens (tertiary/aromatic N) is 1. The molecule has 3 nitrogen and oxygen atoms in total. The first kappa shape index (κ1) is 14.0. The number of rotatable bonds is 5. The molecule has 1 aromatic rings. The third kappa shape index (κ3) is 5.18. The van der Waals surface area contributed by atoms with Crippen LogP contribution in [0.4, 0.5) is 0 Å². The Morgan fingerprint density at radius 2 is 2.06 bits per heavy atom. The van der Waals surface area contributed by atoms with E-state index in [1.165, 1.54) is 0 Å². The van der Waals surface area contributed by atoms with Gasteiger partial charge in [-0.1, -0.05) is 20.8 Å². The van der Waals surface area contributed by atoms with Crippen molar-refractivity contribution < 1.29 is 4.74 Å². The Bertz CT molecular complexity index is 327. The van der Waals surface area contributed by atoms with Crippen LogP contribution in [0.3, 0.4) is 0 Å². The molecule has 0 bridgehead atoms. The normalized spacial score (nSPS) is 13.5. The quantitative estimate of drug-likeness (QED) is 0.852. The predicted octanol–water partition coefficient (Wildman–Crippen LogP) is 3.18. The third-order valence-corrected chi connectivity index (χ3v) is 2.76. The zero-order valence-corrected chi connectivity index (χ0v) is 11.6. The van der Waals surface area contributed by atoms with Crippen molar-refractivity contribution in [3.8, 4) is 5.75 Å². The van der Waals surface area contributed by atoms with Gasteiger partial charge < -0.3 is 10.1 Å². The Morgan fingerprint density at radius 3 is 2.53 bits per heavy atom. The molecule has 1 aromatic heterocycles. The van der Waals surface area contributed by atoms with Crippen LogP contribution in [0.25, 0.3) is 0 Å². The standard InChI is InChI=1S/C14H24N2O/c1-11(15-5)13-7-6-12(10-16-13)17-9-8-14(2,3)4/h6-7,10-11,15H,8-9H2,1-5H3. The fourth-order valence-electron chi connectivity index (χ4n) is 1.36. The van der Waals surface area contributed by atoms with E-state index in [4.69, 9.17) is 4.74 Å². The molecule has 0 aliphatic carbocycles. The molecule has 0 fully saturated rings. The van der Waals surface area contributed by atoms with Crippen molar-refractivity contribution in [2.75, 3.05) is 13.7 Å². The minimum absolute atomic E-state index is 0.277. The topological polar surface area (TPSA) is 34.1 Å². The van der Waals surface area contributed by atoms with Gasteiger partial charge in [0.25, 0.3) is 0 Å². The number of hydrogen-bond acceptors (Lipinski definition) is 3. The van der Waals surface area contributed by atoms with E-state index in [1.54, 1.807) is 6.20 Å². The van der Waals surface area contributed by atoms with Crippen molar-refractivity contribution in [3.05, 3.63) is 24.0 Å². The van der Waals surface area contributed by atoms with Crippen molar-refractivity contribution in [1.29, 1.82) is 0 Å². The molecule has 0 saturated heterocycles. The summed E-state index contributed by atoms with van der Waals surface area (Å²) in [4.78, 5) is 4.38. The van der Waals surface area contributed by atoms with E-state index in [0.29, 0.717) is 5.41 Å². The van der Waals surface area contributed by atoms with E-state index >= 15 is 0 Å². The first-order valence-corrected chi connectivity index (χ1v) is 6.18. The Hall–Kier alpha value is -1.09. The monoisotopic (exact) mass is 236 g/mol. The molecule has 1 atom stereocenters. The van der Waals surface area contributed by atoms with Gasteiger partial charge in [-0.25, -0.2) is 0 Å². The lowest BCUT2D eigenvalue weighted by molar-refractivity contribution is 0.242.